The Labute approximate surface area is 126 Å². The minimum Gasteiger partial charge on any atom is -0.354 e. The SMILES string of the molecule is CC(=O)c1c(C)[nH]c(C(=O)Nc2ccc(Cl)c(F)c2)c1C. The topological polar surface area (TPSA) is 62.0 Å². The van der Waals surface area contributed by atoms with Gasteiger partial charge in [-0.25, -0.2) is 4.39 Å². The summed E-state index contributed by atoms with van der Waals surface area (Å²) in [5.74, 6) is -1.17. The molecule has 0 saturated heterocycles. The van der Waals surface area contributed by atoms with Crippen molar-refractivity contribution in [3.63, 3.8) is 0 Å². The molecule has 110 valence electrons. The number of nitrogens with one attached hydrogen (secondary N) is 2. The molecule has 4 nitrogen and oxygen atoms in total. The van der Waals surface area contributed by atoms with Crippen LogP contribution >= 0.6 is 11.6 Å². The highest BCUT2D eigenvalue weighted by molar-refractivity contribution is 6.30. The van der Waals surface area contributed by atoms with Crippen LogP contribution in [0.1, 0.15) is 39.0 Å². The molecule has 1 heterocycles. The fourth-order valence-corrected chi connectivity index (χ4v) is 2.39. The van der Waals surface area contributed by atoms with Crippen molar-refractivity contribution in [1.29, 1.82) is 0 Å². The minimum atomic E-state index is -0.613. The minimum absolute atomic E-state index is 0.0150. The number of aromatic nitrogens is 1. The van der Waals surface area contributed by atoms with Gasteiger partial charge in [0.2, 0.25) is 0 Å². The van der Waals surface area contributed by atoms with Crippen molar-refractivity contribution >= 4 is 29.0 Å². The number of carbonyl (C=O) groups excluding carboxylic acids is 2. The fourth-order valence-electron chi connectivity index (χ4n) is 2.27. The summed E-state index contributed by atoms with van der Waals surface area (Å²) in [5, 5.41) is 2.55. The van der Waals surface area contributed by atoms with Crippen LogP contribution in [-0.4, -0.2) is 16.7 Å². The Hall–Kier alpha value is -2.14. The van der Waals surface area contributed by atoms with Crippen molar-refractivity contribution in [2.24, 2.45) is 0 Å². The second-order valence-corrected chi connectivity index (χ2v) is 5.17. The van der Waals surface area contributed by atoms with Crippen LogP contribution in [0.4, 0.5) is 10.1 Å². The van der Waals surface area contributed by atoms with E-state index in [2.05, 4.69) is 10.3 Å². The van der Waals surface area contributed by atoms with Crippen molar-refractivity contribution in [2.45, 2.75) is 20.8 Å². The first kappa shape index (κ1) is 15.3. The Morgan fingerprint density at radius 3 is 2.48 bits per heavy atom. The Balaban J connectivity index is 2.31. The lowest BCUT2D eigenvalue weighted by Gasteiger charge is -2.05. The number of aromatic amines is 1. The Morgan fingerprint density at radius 2 is 1.95 bits per heavy atom. The van der Waals surface area contributed by atoms with Gasteiger partial charge in [0.1, 0.15) is 11.5 Å². The van der Waals surface area contributed by atoms with Crippen molar-refractivity contribution in [2.75, 3.05) is 5.32 Å². The second-order valence-electron chi connectivity index (χ2n) is 4.76. The molecule has 0 saturated carbocycles. The smallest absolute Gasteiger partial charge is 0.272 e. The first-order valence-corrected chi connectivity index (χ1v) is 6.65. The molecular formula is C15H14ClFN2O2. The molecule has 2 aromatic rings. The molecule has 0 spiro atoms. The van der Waals surface area contributed by atoms with Crippen molar-refractivity contribution < 1.29 is 14.0 Å². The first-order chi connectivity index (χ1) is 9.81. The molecule has 0 radical (unpaired) electrons. The van der Waals surface area contributed by atoms with Gasteiger partial charge in [-0.05, 0) is 44.5 Å². The van der Waals surface area contributed by atoms with Gasteiger partial charge in [-0.3, -0.25) is 9.59 Å². The molecule has 2 N–H and O–H groups in total. The number of benzene rings is 1. The van der Waals surface area contributed by atoms with Gasteiger partial charge >= 0.3 is 0 Å². The number of amides is 1. The zero-order valence-corrected chi connectivity index (χ0v) is 12.6. The van der Waals surface area contributed by atoms with E-state index in [1.54, 1.807) is 13.8 Å². The molecule has 1 aromatic heterocycles. The average molecular weight is 309 g/mol. The number of H-pyrrole nitrogens is 1. The summed E-state index contributed by atoms with van der Waals surface area (Å²) in [6.45, 7) is 4.86. The summed E-state index contributed by atoms with van der Waals surface area (Å²) in [6.07, 6.45) is 0. The van der Waals surface area contributed by atoms with E-state index in [1.165, 1.54) is 19.1 Å². The molecule has 1 amide bonds. The standard InChI is InChI=1S/C15H14ClFN2O2/c1-7-13(9(3)20)8(2)18-14(7)15(21)19-10-4-5-11(16)12(17)6-10/h4-6,18H,1-3H3,(H,19,21). The summed E-state index contributed by atoms with van der Waals surface area (Å²) in [4.78, 5) is 26.6. The first-order valence-electron chi connectivity index (χ1n) is 6.27. The molecule has 0 aliphatic heterocycles. The molecule has 0 aliphatic carbocycles. The van der Waals surface area contributed by atoms with Gasteiger partial charge in [0, 0.05) is 16.9 Å². The van der Waals surface area contributed by atoms with Gasteiger partial charge < -0.3 is 10.3 Å². The van der Waals surface area contributed by atoms with Crippen LogP contribution in [0.5, 0.6) is 0 Å². The number of anilines is 1. The van der Waals surface area contributed by atoms with E-state index in [9.17, 15) is 14.0 Å². The number of ketones is 1. The van der Waals surface area contributed by atoms with Crippen LogP contribution in [0.3, 0.4) is 0 Å². The monoisotopic (exact) mass is 308 g/mol. The second kappa shape index (κ2) is 5.69. The number of halogens is 2. The lowest BCUT2D eigenvalue weighted by atomic mass is 10.1. The van der Waals surface area contributed by atoms with Crippen molar-refractivity contribution in [3.05, 3.63) is 51.6 Å². The van der Waals surface area contributed by atoms with Crippen LogP contribution in [0.15, 0.2) is 18.2 Å². The zero-order chi connectivity index (χ0) is 15.7. The van der Waals surface area contributed by atoms with E-state index in [0.717, 1.165) is 6.07 Å². The lowest BCUT2D eigenvalue weighted by molar-refractivity contribution is 0.101. The van der Waals surface area contributed by atoms with E-state index in [0.29, 0.717) is 16.8 Å². The Morgan fingerprint density at radius 1 is 1.29 bits per heavy atom. The normalized spacial score (nSPS) is 10.5. The molecule has 0 fully saturated rings. The third kappa shape index (κ3) is 2.97. The van der Waals surface area contributed by atoms with Gasteiger partial charge in [0.15, 0.2) is 5.78 Å². The zero-order valence-electron chi connectivity index (χ0n) is 11.8. The maximum Gasteiger partial charge on any atom is 0.272 e. The van der Waals surface area contributed by atoms with Crippen LogP contribution in [0.2, 0.25) is 5.02 Å². The van der Waals surface area contributed by atoms with Gasteiger partial charge in [-0.15, -0.1) is 0 Å². The van der Waals surface area contributed by atoms with Crippen LogP contribution in [0, 0.1) is 19.7 Å². The Bertz CT molecular complexity index is 738. The molecule has 2 rings (SSSR count). The van der Waals surface area contributed by atoms with Gasteiger partial charge in [0.05, 0.1) is 5.02 Å². The van der Waals surface area contributed by atoms with Crippen molar-refractivity contribution in [3.8, 4) is 0 Å². The van der Waals surface area contributed by atoms with Crippen LogP contribution < -0.4 is 5.32 Å². The van der Waals surface area contributed by atoms with E-state index < -0.39 is 11.7 Å². The molecule has 0 bridgehead atoms. The fraction of sp³-hybridized carbons (Fsp3) is 0.200. The van der Waals surface area contributed by atoms with Gasteiger partial charge in [-0.1, -0.05) is 11.6 Å². The van der Waals surface area contributed by atoms with Gasteiger partial charge in [-0.2, -0.15) is 0 Å². The molecule has 0 unspecified atom stereocenters. The predicted octanol–water partition coefficient (Wildman–Crippen LogP) is 3.88. The number of aryl methyl sites for hydroxylation is 1. The van der Waals surface area contributed by atoms with E-state index in [-0.39, 0.29) is 22.2 Å². The number of hydrogen-bond acceptors (Lipinski definition) is 2. The highest BCUT2D eigenvalue weighted by atomic mass is 35.5. The van der Waals surface area contributed by atoms with E-state index in [4.69, 9.17) is 11.6 Å². The molecule has 1 aromatic carbocycles. The van der Waals surface area contributed by atoms with E-state index >= 15 is 0 Å². The summed E-state index contributed by atoms with van der Waals surface area (Å²) in [5.41, 5.74) is 2.28. The molecule has 0 atom stereocenters. The summed E-state index contributed by atoms with van der Waals surface area (Å²) >= 11 is 5.59. The molecular weight excluding hydrogens is 295 g/mol. The lowest BCUT2D eigenvalue weighted by Crippen LogP contribution is -2.14. The highest BCUT2D eigenvalue weighted by Gasteiger charge is 2.20. The maximum atomic E-state index is 13.3. The van der Waals surface area contributed by atoms with Gasteiger partial charge in [0.25, 0.3) is 5.91 Å². The molecule has 0 aliphatic rings. The third-order valence-corrected chi connectivity index (χ3v) is 3.50. The summed E-state index contributed by atoms with van der Waals surface area (Å²) in [7, 11) is 0. The van der Waals surface area contributed by atoms with Crippen LogP contribution in [0.25, 0.3) is 0 Å². The Kier molecular flexibility index (Phi) is 4.14. The third-order valence-electron chi connectivity index (χ3n) is 3.19. The molecule has 21 heavy (non-hydrogen) atoms. The van der Waals surface area contributed by atoms with E-state index in [1.807, 2.05) is 0 Å². The summed E-state index contributed by atoms with van der Waals surface area (Å²) in [6, 6.07) is 4.00. The maximum absolute atomic E-state index is 13.3. The van der Waals surface area contributed by atoms with Crippen LogP contribution in [-0.2, 0) is 0 Å². The van der Waals surface area contributed by atoms with Crippen molar-refractivity contribution in [1.82, 2.24) is 4.98 Å². The summed E-state index contributed by atoms with van der Waals surface area (Å²) < 4.78 is 13.3. The predicted molar refractivity (Wildman–Crippen MR) is 79.6 cm³/mol. The number of hydrogen-bond donors (Lipinski definition) is 2. The molecule has 6 heteroatoms. The highest BCUT2D eigenvalue weighted by Crippen LogP contribution is 2.22. The number of carbonyl (C=O) groups is 2. The quantitative estimate of drug-likeness (QED) is 0.845. The largest absolute Gasteiger partial charge is 0.354 e. The number of rotatable bonds is 3. The average Bonchev–Trinajstić information content (AvgIpc) is 2.69. The number of Topliss-reactive ketones (excluding diaryl/α,β-unsaturated/α-hetero) is 1.